The Labute approximate surface area is 140 Å². The maximum atomic E-state index is 11.9. The molecule has 3 heteroatoms. The van der Waals surface area contributed by atoms with Gasteiger partial charge in [-0.25, -0.2) is 0 Å². The molecule has 0 aromatic heterocycles. The first-order valence-electron chi connectivity index (χ1n) is 9.04. The Kier molecular flexibility index (Phi) is 6.94. The second-order valence-electron chi connectivity index (χ2n) is 6.43. The minimum Gasteiger partial charge on any atom is -0.496 e. The van der Waals surface area contributed by atoms with Gasteiger partial charge in [-0.05, 0) is 56.2 Å². The minimum absolute atomic E-state index is 0.234. The average molecular weight is 318 g/mol. The van der Waals surface area contributed by atoms with Crippen molar-refractivity contribution in [1.82, 2.24) is 0 Å². The fourth-order valence-corrected chi connectivity index (χ4v) is 3.50. The molecule has 1 aromatic carbocycles. The Bertz CT molecular complexity index is 522. The number of Topliss-reactive ketones (excluding diaryl/α,β-unsaturated/α-hetero) is 1. The minimum atomic E-state index is 0.234. The van der Waals surface area contributed by atoms with Crippen molar-refractivity contribution in [3.63, 3.8) is 0 Å². The first kappa shape index (κ1) is 17.8. The molecule has 2 rings (SSSR count). The van der Waals surface area contributed by atoms with Crippen molar-refractivity contribution in [3.8, 4) is 11.5 Å². The van der Waals surface area contributed by atoms with E-state index < -0.39 is 0 Å². The SMILES string of the molecule is CCCCCc1cc(OC)c(C2CCCC(=O)C2)c(OCC)c1. The number of hydrogen-bond acceptors (Lipinski definition) is 3. The number of aryl methyl sites for hydroxylation is 1. The summed E-state index contributed by atoms with van der Waals surface area (Å²) in [5, 5.41) is 0. The monoisotopic (exact) mass is 318 g/mol. The average Bonchev–Trinajstić information content (AvgIpc) is 2.55. The number of ketones is 1. The molecule has 1 aliphatic rings. The third kappa shape index (κ3) is 4.73. The van der Waals surface area contributed by atoms with Crippen molar-refractivity contribution in [2.45, 2.75) is 71.1 Å². The Balaban J connectivity index is 2.32. The van der Waals surface area contributed by atoms with E-state index in [1.54, 1.807) is 7.11 Å². The number of unbranched alkanes of at least 4 members (excludes halogenated alkanes) is 2. The van der Waals surface area contributed by atoms with Crippen LogP contribution in [0.5, 0.6) is 11.5 Å². The van der Waals surface area contributed by atoms with Crippen LogP contribution in [0, 0.1) is 0 Å². The van der Waals surface area contributed by atoms with Gasteiger partial charge in [-0.2, -0.15) is 0 Å². The van der Waals surface area contributed by atoms with E-state index in [4.69, 9.17) is 9.47 Å². The molecule has 1 aliphatic carbocycles. The summed E-state index contributed by atoms with van der Waals surface area (Å²) in [6, 6.07) is 4.31. The van der Waals surface area contributed by atoms with Gasteiger partial charge in [-0.1, -0.05) is 19.8 Å². The summed E-state index contributed by atoms with van der Waals surface area (Å²) >= 11 is 0. The van der Waals surface area contributed by atoms with Gasteiger partial charge in [0.1, 0.15) is 17.3 Å². The maximum Gasteiger partial charge on any atom is 0.133 e. The zero-order chi connectivity index (χ0) is 16.7. The van der Waals surface area contributed by atoms with Crippen LogP contribution >= 0.6 is 0 Å². The lowest BCUT2D eigenvalue weighted by Gasteiger charge is -2.26. The van der Waals surface area contributed by atoms with Crippen LogP contribution < -0.4 is 9.47 Å². The summed E-state index contributed by atoms with van der Waals surface area (Å²) < 4.78 is 11.6. The normalized spacial score (nSPS) is 18.0. The maximum absolute atomic E-state index is 11.9. The highest BCUT2D eigenvalue weighted by atomic mass is 16.5. The lowest BCUT2D eigenvalue weighted by Crippen LogP contribution is -2.15. The highest BCUT2D eigenvalue weighted by molar-refractivity contribution is 5.80. The standard InChI is InChI=1S/C20H30O3/c1-4-6-7-9-15-12-18(22-3)20(19(13-15)23-5-2)16-10-8-11-17(21)14-16/h12-13,16H,4-11,14H2,1-3H3. The van der Waals surface area contributed by atoms with E-state index in [2.05, 4.69) is 19.1 Å². The van der Waals surface area contributed by atoms with E-state index >= 15 is 0 Å². The molecule has 0 heterocycles. The summed E-state index contributed by atoms with van der Waals surface area (Å²) in [7, 11) is 1.72. The van der Waals surface area contributed by atoms with Crippen LogP contribution in [0.25, 0.3) is 0 Å². The van der Waals surface area contributed by atoms with Gasteiger partial charge < -0.3 is 9.47 Å². The van der Waals surface area contributed by atoms with Crippen LogP contribution in [0.2, 0.25) is 0 Å². The van der Waals surface area contributed by atoms with E-state index in [0.29, 0.717) is 18.8 Å². The van der Waals surface area contributed by atoms with Crippen molar-refractivity contribution < 1.29 is 14.3 Å². The Morgan fingerprint density at radius 3 is 2.61 bits per heavy atom. The molecule has 0 radical (unpaired) electrons. The van der Waals surface area contributed by atoms with Crippen molar-refractivity contribution in [1.29, 1.82) is 0 Å². The molecule has 0 spiro atoms. The number of carbonyl (C=O) groups excluding carboxylic acids is 1. The van der Waals surface area contributed by atoms with Crippen LogP contribution in [0.4, 0.5) is 0 Å². The second-order valence-corrected chi connectivity index (χ2v) is 6.43. The van der Waals surface area contributed by atoms with Crippen molar-refractivity contribution in [2.24, 2.45) is 0 Å². The Morgan fingerprint density at radius 1 is 1.17 bits per heavy atom. The van der Waals surface area contributed by atoms with Gasteiger partial charge in [0.05, 0.1) is 13.7 Å². The first-order chi connectivity index (χ1) is 11.2. The summed E-state index contributed by atoms with van der Waals surface area (Å²) in [4.78, 5) is 11.9. The van der Waals surface area contributed by atoms with Crippen LogP contribution in [0.1, 0.15) is 75.8 Å². The summed E-state index contributed by atoms with van der Waals surface area (Å²) in [6.45, 7) is 4.86. The fraction of sp³-hybridized carbons (Fsp3) is 0.650. The molecule has 1 saturated carbocycles. The molecule has 0 amide bonds. The third-order valence-corrected chi connectivity index (χ3v) is 4.64. The quantitative estimate of drug-likeness (QED) is 0.629. The number of hydrogen-bond donors (Lipinski definition) is 0. The van der Waals surface area contributed by atoms with E-state index in [1.807, 2.05) is 6.92 Å². The smallest absolute Gasteiger partial charge is 0.133 e. The van der Waals surface area contributed by atoms with Crippen molar-refractivity contribution in [2.75, 3.05) is 13.7 Å². The summed E-state index contributed by atoms with van der Waals surface area (Å²) in [5.74, 6) is 2.40. The van der Waals surface area contributed by atoms with Gasteiger partial charge in [-0.15, -0.1) is 0 Å². The van der Waals surface area contributed by atoms with Gasteiger partial charge in [0.15, 0.2) is 0 Å². The fourth-order valence-electron chi connectivity index (χ4n) is 3.50. The number of methoxy groups -OCH3 is 1. The molecular weight excluding hydrogens is 288 g/mol. The van der Waals surface area contributed by atoms with Gasteiger partial charge in [0.2, 0.25) is 0 Å². The molecular formula is C20H30O3. The largest absolute Gasteiger partial charge is 0.496 e. The lowest BCUT2D eigenvalue weighted by molar-refractivity contribution is -0.120. The second kappa shape index (κ2) is 8.95. The zero-order valence-corrected chi connectivity index (χ0v) is 14.8. The highest BCUT2D eigenvalue weighted by Crippen LogP contribution is 2.43. The van der Waals surface area contributed by atoms with Crippen molar-refractivity contribution in [3.05, 3.63) is 23.3 Å². The number of rotatable bonds is 8. The molecule has 0 aliphatic heterocycles. The molecule has 0 bridgehead atoms. The highest BCUT2D eigenvalue weighted by Gasteiger charge is 2.27. The molecule has 1 aromatic rings. The zero-order valence-electron chi connectivity index (χ0n) is 14.8. The summed E-state index contributed by atoms with van der Waals surface area (Å²) in [5.41, 5.74) is 2.37. The number of carbonyl (C=O) groups is 1. The number of benzene rings is 1. The third-order valence-electron chi connectivity index (χ3n) is 4.64. The first-order valence-corrected chi connectivity index (χ1v) is 9.04. The molecule has 3 nitrogen and oxygen atoms in total. The van der Waals surface area contributed by atoms with Gasteiger partial charge >= 0.3 is 0 Å². The van der Waals surface area contributed by atoms with E-state index in [1.165, 1.54) is 24.8 Å². The van der Waals surface area contributed by atoms with E-state index in [9.17, 15) is 4.79 Å². The molecule has 128 valence electrons. The lowest BCUT2D eigenvalue weighted by atomic mass is 9.82. The molecule has 1 atom stereocenters. The summed E-state index contributed by atoms with van der Waals surface area (Å²) in [6.07, 6.45) is 8.04. The van der Waals surface area contributed by atoms with Gasteiger partial charge in [-0.3, -0.25) is 4.79 Å². The number of ether oxygens (including phenoxy) is 2. The predicted octanol–water partition coefficient (Wildman–Crippen LogP) is 5.05. The van der Waals surface area contributed by atoms with Crippen LogP contribution in [0.15, 0.2) is 12.1 Å². The van der Waals surface area contributed by atoms with Crippen molar-refractivity contribution >= 4 is 5.78 Å². The van der Waals surface area contributed by atoms with E-state index in [0.717, 1.165) is 42.7 Å². The Morgan fingerprint density at radius 2 is 1.96 bits per heavy atom. The van der Waals surface area contributed by atoms with E-state index in [-0.39, 0.29) is 5.92 Å². The molecule has 0 saturated heterocycles. The molecule has 1 fully saturated rings. The van der Waals surface area contributed by atoms with Crippen LogP contribution in [-0.2, 0) is 11.2 Å². The molecule has 0 N–H and O–H groups in total. The van der Waals surface area contributed by atoms with Gasteiger partial charge in [0.25, 0.3) is 0 Å². The van der Waals surface area contributed by atoms with Crippen LogP contribution in [-0.4, -0.2) is 19.5 Å². The Hall–Kier alpha value is -1.51. The van der Waals surface area contributed by atoms with Gasteiger partial charge in [0, 0.05) is 18.4 Å². The molecule has 23 heavy (non-hydrogen) atoms. The topological polar surface area (TPSA) is 35.5 Å². The van der Waals surface area contributed by atoms with Crippen LogP contribution in [0.3, 0.4) is 0 Å². The predicted molar refractivity (Wildman–Crippen MR) is 93.6 cm³/mol. The molecule has 1 unspecified atom stereocenters.